The molecule has 0 spiro atoms. The first kappa shape index (κ1) is 27.2. The number of nitrogens with zero attached hydrogens (tertiary/aromatic N) is 3. The van der Waals surface area contributed by atoms with Crippen molar-refractivity contribution in [1.29, 1.82) is 0 Å². The van der Waals surface area contributed by atoms with Gasteiger partial charge in [0.05, 0.1) is 16.7 Å². The van der Waals surface area contributed by atoms with Crippen molar-refractivity contribution in [2.45, 2.75) is 23.6 Å². The Kier molecular flexibility index (Phi) is 7.59. The molecular formula is C36H25IrN3S+. The molecule has 0 atom stereocenters. The number of hydrogen-bond acceptors (Lipinski definition) is 2. The van der Waals surface area contributed by atoms with Gasteiger partial charge in [0.1, 0.15) is 0 Å². The van der Waals surface area contributed by atoms with Crippen LogP contribution in [0.1, 0.15) is 11.1 Å². The molecule has 3 nitrogen and oxygen atoms in total. The molecule has 0 saturated carbocycles. The van der Waals surface area contributed by atoms with E-state index in [0.29, 0.717) is 0 Å². The van der Waals surface area contributed by atoms with Crippen LogP contribution in [0.25, 0.3) is 44.4 Å². The molecule has 2 aromatic heterocycles. The molecular weight excluding hydrogens is 699 g/mol. The number of fused-ring (bicyclic) bond motifs is 4. The fourth-order valence-electron chi connectivity index (χ4n) is 5.26. The SMILES string of the molecule is Cc1cc(C)cc(-n2[c-][n+]3c4c(cccc42)Sc2c-3[c-]cc3ccccc23)c1.[Ir+3].[c-]1ccccc1-c1ccccn1. The van der Waals surface area contributed by atoms with Crippen molar-refractivity contribution in [3.63, 3.8) is 0 Å². The number of hydrogen-bond donors (Lipinski definition) is 0. The van der Waals surface area contributed by atoms with Gasteiger partial charge in [-0.3, -0.25) is 4.57 Å². The van der Waals surface area contributed by atoms with E-state index in [4.69, 9.17) is 0 Å². The summed E-state index contributed by atoms with van der Waals surface area (Å²) in [4.78, 5) is 6.72. The molecule has 198 valence electrons. The maximum absolute atomic E-state index is 4.22. The Morgan fingerprint density at radius 1 is 0.805 bits per heavy atom. The van der Waals surface area contributed by atoms with E-state index in [-0.39, 0.29) is 20.1 Å². The minimum absolute atomic E-state index is 0. The zero-order chi connectivity index (χ0) is 27.1. The fourth-order valence-corrected chi connectivity index (χ4v) is 6.47. The third-order valence-corrected chi connectivity index (χ3v) is 8.14. The molecule has 0 fully saturated rings. The maximum atomic E-state index is 4.22. The predicted molar refractivity (Wildman–Crippen MR) is 162 cm³/mol. The zero-order valence-electron chi connectivity index (χ0n) is 22.6. The number of imidazole rings is 1. The van der Waals surface area contributed by atoms with Crippen LogP contribution in [-0.2, 0) is 20.1 Å². The molecule has 1 aliphatic heterocycles. The minimum atomic E-state index is 0. The molecule has 5 aromatic carbocycles. The van der Waals surface area contributed by atoms with Gasteiger partial charge in [0, 0.05) is 11.1 Å². The molecule has 0 bridgehead atoms. The summed E-state index contributed by atoms with van der Waals surface area (Å²) in [5.74, 6) is 0. The quantitative estimate of drug-likeness (QED) is 0.132. The zero-order valence-corrected chi connectivity index (χ0v) is 25.8. The number of para-hydroxylation sites is 1. The van der Waals surface area contributed by atoms with Crippen molar-refractivity contribution in [3.8, 4) is 22.6 Å². The van der Waals surface area contributed by atoms with Crippen LogP contribution in [0.4, 0.5) is 0 Å². The van der Waals surface area contributed by atoms with Gasteiger partial charge in [-0.2, -0.15) is 23.9 Å². The predicted octanol–water partition coefficient (Wildman–Crippen LogP) is 8.29. The van der Waals surface area contributed by atoms with Crippen LogP contribution in [-0.4, -0.2) is 9.55 Å². The van der Waals surface area contributed by atoms with Crippen LogP contribution in [0.5, 0.6) is 0 Å². The summed E-state index contributed by atoms with van der Waals surface area (Å²) in [5.41, 5.74) is 9.12. The van der Waals surface area contributed by atoms with Gasteiger partial charge in [0.25, 0.3) is 6.33 Å². The largest absolute Gasteiger partial charge is 3.00 e. The third-order valence-electron chi connectivity index (χ3n) is 6.98. The third kappa shape index (κ3) is 5.13. The summed E-state index contributed by atoms with van der Waals surface area (Å²) in [7, 11) is 0. The minimum Gasteiger partial charge on any atom is -0.313 e. The van der Waals surface area contributed by atoms with Crippen molar-refractivity contribution in [2.24, 2.45) is 0 Å². The van der Waals surface area contributed by atoms with E-state index >= 15 is 0 Å². The first-order valence-electron chi connectivity index (χ1n) is 13.2. The number of aromatic nitrogens is 3. The van der Waals surface area contributed by atoms with Crippen LogP contribution >= 0.6 is 11.8 Å². The van der Waals surface area contributed by atoms with Crippen LogP contribution < -0.4 is 4.57 Å². The van der Waals surface area contributed by atoms with Gasteiger partial charge in [-0.15, -0.1) is 52.7 Å². The van der Waals surface area contributed by atoms with Crippen molar-refractivity contribution >= 4 is 33.6 Å². The molecule has 7 aromatic rings. The molecule has 0 radical (unpaired) electrons. The van der Waals surface area contributed by atoms with Gasteiger partial charge in [0.2, 0.25) is 0 Å². The van der Waals surface area contributed by atoms with E-state index < -0.39 is 0 Å². The van der Waals surface area contributed by atoms with Crippen LogP contribution in [0.15, 0.2) is 125 Å². The van der Waals surface area contributed by atoms with Crippen LogP contribution in [0.2, 0.25) is 0 Å². The Morgan fingerprint density at radius 2 is 1.61 bits per heavy atom. The van der Waals surface area contributed by atoms with Crippen LogP contribution in [0, 0.1) is 32.3 Å². The summed E-state index contributed by atoms with van der Waals surface area (Å²) in [6.07, 6.45) is 5.40. The van der Waals surface area contributed by atoms with Crippen molar-refractivity contribution in [3.05, 3.63) is 145 Å². The van der Waals surface area contributed by atoms with Gasteiger partial charge in [-0.05, 0) is 43.4 Å². The van der Waals surface area contributed by atoms with Crippen molar-refractivity contribution in [2.75, 3.05) is 0 Å². The van der Waals surface area contributed by atoms with E-state index in [1.807, 2.05) is 54.2 Å². The second-order valence-corrected chi connectivity index (χ2v) is 10.9. The van der Waals surface area contributed by atoms with Gasteiger partial charge in [-0.25, -0.2) is 0 Å². The Hall–Kier alpha value is -4.02. The summed E-state index contributed by atoms with van der Waals surface area (Å²) >= 11 is 1.83. The Bertz CT molecular complexity index is 1940. The number of aryl methyl sites for hydroxylation is 2. The van der Waals surface area contributed by atoms with E-state index in [9.17, 15) is 0 Å². The summed E-state index contributed by atoms with van der Waals surface area (Å²) in [6.45, 7) is 4.29. The monoisotopic (exact) mass is 724 g/mol. The average molecular weight is 724 g/mol. The fraction of sp³-hybridized carbons (Fsp3) is 0.0556. The van der Waals surface area contributed by atoms with Crippen molar-refractivity contribution in [1.82, 2.24) is 9.55 Å². The van der Waals surface area contributed by atoms with Crippen molar-refractivity contribution < 1.29 is 24.7 Å². The Balaban J connectivity index is 0.000000196. The molecule has 1 aliphatic rings. The summed E-state index contributed by atoms with van der Waals surface area (Å²) in [5, 5.41) is 2.49. The first-order chi connectivity index (χ1) is 19.7. The maximum Gasteiger partial charge on any atom is 3.00 e. The standard InChI is InChI=1S/C25H17N2S.C11H8N.Ir/c1-16-12-17(2)14-19(13-16)26-15-27-22-11-10-18-6-3-4-7-20(18)25(22)28-23-9-5-8-21(26)24(23)27;1-2-6-10(7-3-1)11-8-4-5-9-12-11;/h3-10,12-14H,1-2H3;1-6,8-9H;/q2*-1;+3. The Labute approximate surface area is 257 Å². The number of benzene rings is 5. The van der Waals surface area contributed by atoms with Gasteiger partial charge in [-0.1, -0.05) is 70.6 Å². The molecule has 0 saturated heterocycles. The smallest absolute Gasteiger partial charge is 0.313 e. The topological polar surface area (TPSA) is 21.7 Å². The normalized spacial score (nSPS) is 11.4. The number of rotatable bonds is 2. The molecule has 0 amide bonds. The van der Waals surface area contributed by atoms with E-state index in [1.165, 1.54) is 42.7 Å². The molecule has 0 aliphatic carbocycles. The molecule has 41 heavy (non-hydrogen) atoms. The summed E-state index contributed by atoms with van der Waals surface area (Å²) < 4.78 is 4.36. The molecule has 3 heterocycles. The van der Waals surface area contributed by atoms with Gasteiger partial charge < -0.3 is 9.55 Å². The second kappa shape index (κ2) is 11.5. The van der Waals surface area contributed by atoms with Crippen LogP contribution in [0.3, 0.4) is 0 Å². The van der Waals surface area contributed by atoms with Gasteiger partial charge in [0.15, 0.2) is 0 Å². The van der Waals surface area contributed by atoms with E-state index in [0.717, 1.165) is 22.6 Å². The molecule has 8 rings (SSSR count). The average Bonchev–Trinajstić information content (AvgIpc) is 3.39. The summed E-state index contributed by atoms with van der Waals surface area (Å²) in [6, 6.07) is 44.1. The van der Waals surface area contributed by atoms with E-state index in [1.54, 1.807) is 6.20 Å². The first-order valence-corrected chi connectivity index (χ1v) is 14.0. The number of pyridine rings is 1. The molecule has 0 N–H and O–H groups in total. The molecule has 0 unspecified atom stereocenters. The second-order valence-electron chi connectivity index (χ2n) is 9.89. The van der Waals surface area contributed by atoms with Gasteiger partial charge >= 0.3 is 20.1 Å². The Morgan fingerprint density at radius 3 is 2.39 bits per heavy atom. The van der Waals surface area contributed by atoms with E-state index in [2.05, 4.69) is 113 Å². The molecule has 5 heteroatoms.